The van der Waals surface area contributed by atoms with Crippen molar-refractivity contribution < 1.29 is 0 Å². The third kappa shape index (κ3) is 2.80. The molecule has 0 aliphatic rings. The zero-order chi connectivity index (χ0) is 13.0. The van der Waals surface area contributed by atoms with E-state index in [4.69, 9.17) is 0 Å². The maximum absolute atomic E-state index is 11.7. The first-order valence-corrected chi connectivity index (χ1v) is 6.14. The van der Waals surface area contributed by atoms with E-state index in [-0.39, 0.29) is 5.56 Å². The van der Waals surface area contributed by atoms with E-state index in [9.17, 15) is 4.79 Å². The largest absolute Gasteiger partial charge is 0.383 e. The quantitative estimate of drug-likeness (QED) is 0.894. The molecular weight excluding hydrogens is 224 g/mol. The summed E-state index contributed by atoms with van der Waals surface area (Å²) in [5.41, 5.74) is 3.39. The van der Waals surface area contributed by atoms with Crippen LogP contribution < -0.4 is 10.9 Å². The molecule has 0 unspecified atom stereocenters. The summed E-state index contributed by atoms with van der Waals surface area (Å²) < 4.78 is 1.78. The van der Waals surface area contributed by atoms with Crippen molar-refractivity contribution in [2.75, 3.05) is 11.9 Å². The van der Waals surface area contributed by atoms with Gasteiger partial charge in [0.2, 0.25) is 0 Å². The normalized spacial score (nSPS) is 10.3. The summed E-state index contributed by atoms with van der Waals surface area (Å²) in [6, 6.07) is 13.5. The lowest BCUT2D eigenvalue weighted by molar-refractivity contribution is 0.674. The first kappa shape index (κ1) is 12.4. The molecule has 2 aromatic rings. The Morgan fingerprint density at radius 3 is 2.56 bits per heavy atom. The summed E-state index contributed by atoms with van der Waals surface area (Å²) in [4.78, 5) is 11.7. The van der Waals surface area contributed by atoms with Gasteiger partial charge >= 0.3 is 0 Å². The lowest BCUT2D eigenvalue weighted by Crippen LogP contribution is -2.24. The molecule has 0 spiro atoms. The summed E-state index contributed by atoms with van der Waals surface area (Å²) in [6.07, 6.45) is 0. The molecule has 0 atom stereocenters. The van der Waals surface area contributed by atoms with Crippen molar-refractivity contribution in [1.82, 2.24) is 4.57 Å². The van der Waals surface area contributed by atoms with Crippen LogP contribution in [0.3, 0.4) is 0 Å². The van der Waals surface area contributed by atoms with E-state index in [1.54, 1.807) is 16.7 Å². The van der Waals surface area contributed by atoms with Gasteiger partial charge in [-0.15, -0.1) is 0 Å². The highest BCUT2D eigenvalue weighted by Gasteiger charge is 1.99. The Balaban J connectivity index is 2.01. The molecule has 0 aliphatic carbocycles. The number of nitrogens with zero attached hydrogens (tertiary/aromatic N) is 1. The summed E-state index contributed by atoms with van der Waals surface area (Å²) in [5, 5.41) is 3.36. The molecule has 0 radical (unpaired) electrons. The third-order valence-electron chi connectivity index (χ3n) is 3.06. The van der Waals surface area contributed by atoms with Gasteiger partial charge in [-0.05, 0) is 31.5 Å². The number of aromatic nitrogens is 1. The molecule has 18 heavy (non-hydrogen) atoms. The maximum Gasteiger partial charge on any atom is 0.250 e. The first-order chi connectivity index (χ1) is 8.68. The van der Waals surface area contributed by atoms with E-state index in [2.05, 4.69) is 24.4 Å². The van der Waals surface area contributed by atoms with Crippen LogP contribution in [-0.4, -0.2) is 11.1 Å². The van der Waals surface area contributed by atoms with E-state index in [1.807, 2.05) is 25.1 Å². The molecule has 0 amide bonds. The Hall–Kier alpha value is -2.03. The lowest BCUT2D eigenvalue weighted by atomic mass is 10.2. The lowest BCUT2D eigenvalue weighted by Gasteiger charge is -2.12. The van der Waals surface area contributed by atoms with Crippen LogP contribution in [0.1, 0.15) is 11.3 Å². The predicted molar refractivity (Wildman–Crippen MR) is 75.1 cm³/mol. The molecule has 1 aromatic heterocycles. The van der Waals surface area contributed by atoms with Crippen LogP contribution in [0.5, 0.6) is 0 Å². The highest BCUT2D eigenvalue weighted by molar-refractivity contribution is 5.50. The van der Waals surface area contributed by atoms with Crippen molar-refractivity contribution in [2.24, 2.45) is 0 Å². The second-order valence-corrected chi connectivity index (χ2v) is 4.40. The van der Waals surface area contributed by atoms with Crippen LogP contribution in [0, 0.1) is 13.8 Å². The number of rotatable bonds is 4. The molecule has 0 aliphatic heterocycles. The average Bonchev–Trinajstić information content (AvgIpc) is 2.35. The number of pyridine rings is 1. The highest BCUT2D eigenvalue weighted by Crippen LogP contribution is 2.12. The smallest absolute Gasteiger partial charge is 0.250 e. The molecule has 0 fully saturated rings. The molecule has 0 saturated heterocycles. The fourth-order valence-corrected chi connectivity index (χ4v) is 1.98. The summed E-state index contributed by atoms with van der Waals surface area (Å²) in [5.74, 6) is 0. The monoisotopic (exact) mass is 242 g/mol. The summed E-state index contributed by atoms with van der Waals surface area (Å²) >= 11 is 0. The number of nitrogens with one attached hydrogen (secondary N) is 1. The van der Waals surface area contributed by atoms with Gasteiger partial charge in [-0.25, -0.2) is 0 Å². The van der Waals surface area contributed by atoms with Crippen LogP contribution in [0.15, 0.2) is 47.3 Å². The Labute approximate surface area is 107 Å². The maximum atomic E-state index is 11.7. The van der Waals surface area contributed by atoms with Crippen molar-refractivity contribution >= 4 is 5.69 Å². The minimum atomic E-state index is 0.0570. The van der Waals surface area contributed by atoms with Crippen LogP contribution in [0.4, 0.5) is 5.69 Å². The second kappa shape index (κ2) is 5.54. The van der Waals surface area contributed by atoms with Crippen LogP contribution >= 0.6 is 0 Å². The molecule has 0 bridgehead atoms. The van der Waals surface area contributed by atoms with Gasteiger partial charge in [0.05, 0.1) is 0 Å². The molecule has 3 heteroatoms. The van der Waals surface area contributed by atoms with Gasteiger partial charge in [-0.2, -0.15) is 0 Å². The van der Waals surface area contributed by atoms with Gasteiger partial charge in [-0.1, -0.05) is 24.3 Å². The van der Waals surface area contributed by atoms with Gasteiger partial charge in [0.15, 0.2) is 0 Å². The van der Waals surface area contributed by atoms with Gasteiger partial charge < -0.3 is 9.88 Å². The molecular formula is C15H18N2O. The third-order valence-corrected chi connectivity index (χ3v) is 3.06. The van der Waals surface area contributed by atoms with E-state index in [0.717, 1.165) is 17.9 Å². The Bertz CT molecular complexity index is 587. The molecule has 0 saturated carbocycles. The number of benzene rings is 1. The standard InChI is InChI=1S/C15H18N2O/c1-12-6-3-4-8-14(12)16-10-11-17-13(2)7-5-9-15(17)18/h3-9,16H,10-11H2,1-2H3. The zero-order valence-electron chi connectivity index (χ0n) is 10.8. The number of hydrogen-bond acceptors (Lipinski definition) is 2. The van der Waals surface area contributed by atoms with E-state index in [0.29, 0.717) is 6.54 Å². The molecule has 1 heterocycles. The average molecular weight is 242 g/mol. The molecule has 3 nitrogen and oxygen atoms in total. The number of hydrogen-bond donors (Lipinski definition) is 1. The molecule has 2 rings (SSSR count). The molecule has 1 aromatic carbocycles. The Kier molecular flexibility index (Phi) is 3.82. The van der Waals surface area contributed by atoms with E-state index < -0.39 is 0 Å². The number of aryl methyl sites for hydroxylation is 2. The Morgan fingerprint density at radius 1 is 1.06 bits per heavy atom. The Morgan fingerprint density at radius 2 is 1.83 bits per heavy atom. The topological polar surface area (TPSA) is 34.0 Å². The second-order valence-electron chi connectivity index (χ2n) is 4.40. The van der Waals surface area contributed by atoms with Crippen LogP contribution in [0.25, 0.3) is 0 Å². The SMILES string of the molecule is Cc1ccccc1NCCn1c(C)cccc1=O. The number of anilines is 1. The van der Waals surface area contributed by atoms with Crippen LogP contribution in [0.2, 0.25) is 0 Å². The van der Waals surface area contributed by atoms with Crippen molar-refractivity contribution in [2.45, 2.75) is 20.4 Å². The number of para-hydroxylation sites is 1. The fourth-order valence-electron chi connectivity index (χ4n) is 1.98. The van der Waals surface area contributed by atoms with Crippen molar-refractivity contribution in [3.05, 3.63) is 64.1 Å². The van der Waals surface area contributed by atoms with Crippen molar-refractivity contribution in [3.8, 4) is 0 Å². The van der Waals surface area contributed by atoms with E-state index >= 15 is 0 Å². The fraction of sp³-hybridized carbons (Fsp3) is 0.267. The van der Waals surface area contributed by atoms with Gasteiger partial charge in [0.1, 0.15) is 0 Å². The predicted octanol–water partition coefficient (Wildman–Crippen LogP) is 2.58. The molecule has 1 N–H and O–H groups in total. The zero-order valence-corrected chi connectivity index (χ0v) is 10.8. The van der Waals surface area contributed by atoms with Gasteiger partial charge in [-0.3, -0.25) is 4.79 Å². The summed E-state index contributed by atoms with van der Waals surface area (Å²) in [6.45, 7) is 5.45. The minimum absolute atomic E-state index is 0.0570. The van der Waals surface area contributed by atoms with Gasteiger partial charge in [0, 0.05) is 30.5 Å². The van der Waals surface area contributed by atoms with Gasteiger partial charge in [0.25, 0.3) is 5.56 Å². The van der Waals surface area contributed by atoms with Crippen molar-refractivity contribution in [3.63, 3.8) is 0 Å². The minimum Gasteiger partial charge on any atom is -0.383 e. The molecule has 94 valence electrons. The van der Waals surface area contributed by atoms with Crippen LogP contribution in [-0.2, 0) is 6.54 Å². The highest BCUT2D eigenvalue weighted by atomic mass is 16.1. The van der Waals surface area contributed by atoms with Crippen molar-refractivity contribution in [1.29, 1.82) is 0 Å². The van der Waals surface area contributed by atoms with E-state index in [1.165, 1.54) is 5.56 Å². The first-order valence-electron chi connectivity index (χ1n) is 6.14. The summed E-state index contributed by atoms with van der Waals surface area (Å²) in [7, 11) is 0.